The zero-order valence-corrected chi connectivity index (χ0v) is 8.34. The minimum absolute atomic E-state index is 0.0265. The lowest BCUT2D eigenvalue weighted by atomic mass is 10.1. The summed E-state index contributed by atoms with van der Waals surface area (Å²) < 4.78 is 0. The lowest BCUT2D eigenvalue weighted by Gasteiger charge is -2.23. The van der Waals surface area contributed by atoms with Crippen LogP contribution in [-0.4, -0.2) is 19.0 Å². The lowest BCUT2D eigenvalue weighted by molar-refractivity contribution is -0.124. The Bertz CT molecular complexity index is 336. The van der Waals surface area contributed by atoms with Gasteiger partial charge in [-0.15, -0.1) is 0 Å². The number of hydrogen-bond donors (Lipinski definition) is 2. The van der Waals surface area contributed by atoms with Gasteiger partial charge in [-0.3, -0.25) is 4.79 Å². The van der Waals surface area contributed by atoms with Crippen LogP contribution < -0.4 is 10.6 Å². The van der Waals surface area contributed by atoms with Gasteiger partial charge in [-0.25, -0.2) is 0 Å². The summed E-state index contributed by atoms with van der Waals surface area (Å²) in [4.78, 5) is 11.5. The number of amides is 1. The summed E-state index contributed by atoms with van der Waals surface area (Å²) >= 11 is 5.77. The number of halogens is 1. The van der Waals surface area contributed by atoms with Gasteiger partial charge in [-0.1, -0.05) is 23.7 Å². The quantitative estimate of drug-likeness (QED) is 0.729. The summed E-state index contributed by atoms with van der Waals surface area (Å²) in [6.45, 7) is 1.50. The van der Waals surface area contributed by atoms with E-state index in [9.17, 15) is 4.79 Å². The summed E-state index contributed by atoms with van der Waals surface area (Å²) in [5.74, 6) is 0.0265. The maximum absolute atomic E-state index is 11.5. The average molecular weight is 211 g/mol. The van der Waals surface area contributed by atoms with Gasteiger partial charge in [0.25, 0.3) is 0 Å². The fraction of sp³-hybridized carbons (Fsp3) is 0.300. The number of rotatable bonds is 1. The molecule has 14 heavy (non-hydrogen) atoms. The predicted octanol–water partition coefficient (Wildman–Crippen LogP) is 1.10. The summed E-state index contributed by atoms with van der Waals surface area (Å²) in [6, 6.07) is 7.08. The van der Waals surface area contributed by atoms with Gasteiger partial charge in [0.15, 0.2) is 0 Å². The normalized spacial score (nSPS) is 21.8. The molecule has 1 fully saturated rings. The Morgan fingerprint density at radius 3 is 2.57 bits per heavy atom. The minimum atomic E-state index is -0.235. The van der Waals surface area contributed by atoms with Crippen molar-refractivity contribution >= 4 is 17.5 Å². The number of nitrogens with one attached hydrogen (secondary N) is 2. The van der Waals surface area contributed by atoms with E-state index in [1.807, 2.05) is 12.1 Å². The number of carbonyl (C=O) groups is 1. The van der Waals surface area contributed by atoms with Crippen molar-refractivity contribution in [3.63, 3.8) is 0 Å². The maximum Gasteiger partial charge on any atom is 0.241 e. The molecule has 0 saturated carbocycles. The van der Waals surface area contributed by atoms with Crippen LogP contribution >= 0.6 is 11.6 Å². The van der Waals surface area contributed by atoms with Gasteiger partial charge < -0.3 is 10.6 Å². The smallest absolute Gasteiger partial charge is 0.241 e. The molecule has 1 saturated heterocycles. The summed E-state index contributed by atoms with van der Waals surface area (Å²) in [7, 11) is 0. The van der Waals surface area contributed by atoms with Crippen molar-refractivity contribution in [3.05, 3.63) is 34.9 Å². The molecule has 0 aliphatic carbocycles. The van der Waals surface area contributed by atoms with Gasteiger partial charge in [-0.2, -0.15) is 0 Å². The molecule has 3 nitrogen and oxygen atoms in total. The number of hydrogen-bond acceptors (Lipinski definition) is 2. The molecule has 1 unspecified atom stereocenters. The first-order chi connectivity index (χ1) is 6.77. The Kier molecular flexibility index (Phi) is 2.70. The number of benzene rings is 1. The molecule has 0 aromatic heterocycles. The van der Waals surface area contributed by atoms with Crippen LogP contribution in [0.25, 0.3) is 0 Å². The second-order valence-electron chi connectivity index (χ2n) is 3.23. The largest absolute Gasteiger partial charge is 0.353 e. The van der Waals surface area contributed by atoms with Crippen LogP contribution in [-0.2, 0) is 4.79 Å². The van der Waals surface area contributed by atoms with Crippen LogP contribution in [0.5, 0.6) is 0 Å². The molecule has 0 spiro atoms. The van der Waals surface area contributed by atoms with Gasteiger partial charge in [0.05, 0.1) is 0 Å². The van der Waals surface area contributed by atoms with Crippen molar-refractivity contribution in [2.45, 2.75) is 6.04 Å². The van der Waals surface area contributed by atoms with Crippen LogP contribution in [0.1, 0.15) is 11.6 Å². The molecule has 1 atom stereocenters. The molecule has 1 aliphatic rings. The molecular formula is C10H11ClN2O. The molecule has 1 heterocycles. The molecule has 2 rings (SSSR count). The first-order valence-electron chi connectivity index (χ1n) is 4.54. The van der Waals surface area contributed by atoms with E-state index in [0.717, 1.165) is 12.1 Å². The molecule has 0 bridgehead atoms. The van der Waals surface area contributed by atoms with E-state index in [1.54, 1.807) is 12.1 Å². The van der Waals surface area contributed by atoms with Crippen LogP contribution in [0, 0.1) is 0 Å². The zero-order chi connectivity index (χ0) is 9.97. The highest BCUT2D eigenvalue weighted by Crippen LogP contribution is 2.17. The van der Waals surface area contributed by atoms with Crippen molar-refractivity contribution in [3.8, 4) is 0 Å². The second kappa shape index (κ2) is 3.98. The SMILES string of the molecule is O=C1NCCNC1c1ccc(Cl)cc1. The third kappa shape index (κ3) is 1.89. The highest BCUT2D eigenvalue weighted by atomic mass is 35.5. The molecule has 1 aromatic rings. The molecule has 4 heteroatoms. The molecular weight excluding hydrogens is 200 g/mol. The Morgan fingerprint density at radius 1 is 1.21 bits per heavy atom. The monoisotopic (exact) mass is 210 g/mol. The van der Waals surface area contributed by atoms with Crippen molar-refractivity contribution in [2.75, 3.05) is 13.1 Å². The second-order valence-corrected chi connectivity index (χ2v) is 3.67. The number of piperazine rings is 1. The standard InChI is InChI=1S/C10H11ClN2O/c11-8-3-1-7(2-4-8)9-10(14)13-6-5-12-9/h1-4,9,12H,5-6H2,(H,13,14). The van der Waals surface area contributed by atoms with E-state index in [2.05, 4.69) is 10.6 Å². The van der Waals surface area contributed by atoms with Gasteiger partial charge in [0.1, 0.15) is 6.04 Å². The van der Waals surface area contributed by atoms with Crippen LogP contribution in [0.15, 0.2) is 24.3 Å². The summed E-state index contributed by atoms with van der Waals surface area (Å²) in [6.07, 6.45) is 0. The van der Waals surface area contributed by atoms with E-state index < -0.39 is 0 Å². The fourth-order valence-electron chi connectivity index (χ4n) is 1.52. The van der Waals surface area contributed by atoms with E-state index in [4.69, 9.17) is 11.6 Å². The molecule has 0 radical (unpaired) electrons. The van der Waals surface area contributed by atoms with E-state index >= 15 is 0 Å². The molecule has 1 amide bonds. The Labute approximate surface area is 87.4 Å². The van der Waals surface area contributed by atoms with Crippen molar-refractivity contribution < 1.29 is 4.79 Å². The Morgan fingerprint density at radius 2 is 1.93 bits per heavy atom. The average Bonchev–Trinajstić information content (AvgIpc) is 2.20. The Balaban J connectivity index is 2.20. The topological polar surface area (TPSA) is 41.1 Å². The minimum Gasteiger partial charge on any atom is -0.353 e. The van der Waals surface area contributed by atoms with Gasteiger partial charge in [-0.05, 0) is 17.7 Å². The zero-order valence-electron chi connectivity index (χ0n) is 7.59. The van der Waals surface area contributed by atoms with E-state index in [-0.39, 0.29) is 11.9 Å². The van der Waals surface area contributed by atoms with E-state index in [1.165, 1.54) is 0 Å². The van der Waals surface area contributed by atoms with Gasteiger partial charge >= 0.3 is 0 Å². The van der Waals surface area contributed by atoms with Gasteiger partial charge in [0, 0.05) is 18.1 Å². The highest BCUT2D eigenvalue weighted by molar-refractivity contribution is 6.30. The highest BCUT2D eigenvalue weighted by Gasteiger charge is 2.22. The summed E-state index contributed by atoms with van der Waals surface area (Å²) in [5.41, 5.74) is 0.951. The van der Waals surface area contributed by atoms with Crippen LogP contribution in [0.2, 0.25) is 5.02 Å². The van der Waals surface area contributed by atoms with Crippen LogP contribution in [0.4, 0.5) is 0 Å². The maximum atomic E-state index is 11.5. The van der Waals surface area contributed by atoms with E-state index in [0.29, 0.717) is 11.6 Å². The van der Waals surface area contributed by atoms with Crippen LogP contribution in [0.3, 0.4) is 0 Å². The third-order valence-corrected chi connectivity index (χ3v) is 2.49. The third-order valence-electron chi connectivity index (χ3n) is 2.24. The van der Waals surface area contributed by atoms with Gasteiger partial charge in [0.2, 0.25) is 5.91 Å². The molecule has 74 valence electrons. The first kappa shape index (κ1) is 9.49. The first-order valence-corrected chi connectivity index (χ1v) is 4.92. The lowest BCUT2D eigenvalue weighted by Crippen LogP contribution is -2.47. The molecule has 1 aromatic carbocycles. The van der Waals surface area contributed by atoms with Crippen molar-refractivity contribution in [1.82, 2.24) is 10.6 Å². The number of carbonyl (C=O) groups excluding carboxylic acids is 1. The molecule has 1 aliphatic heterocycles. The molecule has 2 N–H and O–H groups in total. The van der Waals surface area contributed by atoms with Crippen molar-refractivity contribution in [1.29, 1.82) is 0 Å². The summed E-state index contributed by atoms with van der Waals surface area (Å²) in [5, 5.41) is 6.65. The van der Waals surface area contributed by atoms with Crippen molar-refractivity contribution in [2.24, 2.45) is 0 Å². The predicted molar refractivity (Wildman–Crippen MR) is 55.2 cm³/mol. The fourth-order valence-corrected chi connectivity index (χ4v) is 1.65. The Hall–Kier alpha value is -1.06.